The summed E-state index contributed by atoms with van der Waals surface area (Å²) in [5.74, 6) is -0.710. The van der Waals surface area contributed by atoms with Gasteiger partial charge in [-0.3, -0.25) is 0 Å². The third-order valence-electron chi connectivity index (χ3n) is 4.28. The van der Waals surface area contributed by atoms with Crippen molar-refractivity contribution in [1.82, 2.24) is 9.97 Å². The van der Waals surface area contributed by atoms with E-state index in [1.54, 1.807) is 13.8 Å². The van der Waals surface area contributed by atoms with Crippen LogP contribution in [0, 0.1) is 5.82 Å². The van der Waals surface area contributed by atoms with Crippen molar-refractivity contribution in [3.63, 3.8) is 0 Å². The molecule has 1 unspecified atom stereocenters. The van der Waals surface area contributed by atoms with Gasteiger partial charge in [0.2, 0.25) is 16.0 Å². The first kappa shape index (κ1) is 23.3. The van der Waals surface area contributed by atoms with E-state index in [1.165, 1.54) is 31.3 Å². The number of sulfonamides is 1. The van der Waals surface area contributed by atoms with Gasteiger partial charge >= 0.3 is 8.25 Å². The fraction of sp³-hybridized carbons (Fsp3) is 0.444. The molecule has 1 N–H and O–H groups in total. The predicted octanol–water partition coefficient (Wildman–Crippen LogP) is 3.70. The highest BCUT2D eigenvalue weighted by Crippen LogP contribution is 2.42. The molecule has 2 aromatic rings. The van der Waals surface area contributed by atoms with E-state index in [0.29, 0.717) is 16.8 Å². The molecule has 8 nitrogen and oxygen atoms in total. The third-order valence-corrected chi connectivity index (χ3v) is 6.05. The molecular weight excluding hydrogens is 420 g/mol. The molecule has 0 amide bonds. The number of hydrogen-bond donors (Lipinski definition) is 1. The maximum absolute atomic E-state index is 13.5. The summed E-state index contributed by atoms with van der Waals surface area (Å²) in [6.07, 6.45) is 1.03. The first-order valence-electron chi connectivity index (χ1n) is 8.71. The monoisotopic (exact) mass is 444 g/mol. The topological polar surface area (TPSA) is 110 Å². The van der Waals surface area contributed by atoms with Crippen molar-refractivity contribution in [3.8, 4) is 11.3 Å². The molecule has 1 aromatic heterocycles. The van der Waals surface area contributed by atoms with Crippen LogP contribution in [0.15, 0.2) is 24.3 Å². The molecule has 0 aliphatic rings. The number of halogens is 1. The summed E-state index contributed by atoms with van der Waals surface area (Å²) < 4.78 is 55.1. The summed E-state index contributed by atoms with van der Waals surface area (Å²) in [6.45, 7) is 6.88. The number of rotatable bonds is 7. The van der Waals surface area contributed by atoms with Crippen LogP contribution >= 0.6 is 8.25 Å². The third kappa shape index (κ3) is 5.33. The van der Waals surface area contributed by atoms with Gasteiger partial charge in [0.25, 0.3) is 0 Å². The summed E-state index contributed by atoms with van der Waals surface area (Å²) in [7, 11) is -5.25. The normalized spacial score (nSPS) is 12.9. The van der Waals surface area contributed by atoms with E-state index in [0.717, 1.165) is 10.6 Å². The van der Waals surface area contributed by atoms with Crippen LogP contribution in [0.25, 0.3) is 11.3 Å². The summed E-state index contributed by atoms with van der Waals surface area (Å²) in [4.78, 5) is 18.2. The Morgan fingerprint density at radius 3 is 2.21 bits per heavy atom. The fourth-order valence-electron chi connectivity index (χ4n) is 2.82. The van der Waals surface area contributed by atoms with E-state index < -0.39 is 29.7 Å². The number of anilines is 1. The summed E-state index contributed by atoms with van der Waals surface area (Å²) in [5.41, 5.74) is 0.358. The highest BCUT2D eigenvalue weighted by atomic mass is 32.2. The summed E-state index contributed by atoms with van der Waals surface area (Å²) >= 11 is 0. The van der Waals surface area contributed by atoms with E-state index in [1.807, 2.05) is 13.8 Å². The molecule has 0 saturated carbocycles. The number of hydrogen-bond acceptors (Lipinski definition) is 6. The molecule has 29 heavy (non-hydrogen) atoms. The molecule has 1 atom stereocenters. The van der Waals surface area contributed by atoms with E-state index in [4.69, 9.17) is 4.52 Å². The lowest BCUT2D eigenvalue weighted by molar-refractivity contribution is 0.101. The Kier molecular flexibility index (Phi) is 6.74. The largest absolute Gasteiger partial charge is 0.695 e. The minimum Gasteiger partial charge on any atom is -0.241 e. The minimum absolute atomic E-state index is 0.0662. The Balaban J connectivity index is 2.92. The molecule has 1 heterocycles. The van der Waals surface area contributed by atoms with Crippen molar-refractivity contribution in [1.29, 1.82) is 0 Å². The van der Waals surface area contributed by atoms with Crippen LogP contribution < -0.4 is 4.31 Å². The van der Waals surface area contributed by atoms with Crippen LogP contribution in [0.2, 0.25) is 0 Å². The molecule has 2 rings (SSSR count). The fourth-order valence-corrected chi connectivity index (χ4v) is 3.68. The summed E-state index contributed by atoms with van der Waals surface area (Å²) in [5, 5.41) is 0. The molecule has 0 fully saturated rings. The van der Waals surface area contributed by atoms with Crippen molar-refractivity contribution in [2.24, 2.45) is 0 Å². The Labute approximate surface area is 170 Å². The van der Waals surface area contributed by atoms with Gasteiger partial charge in [0, 0.05) is 22.7 Å². The van der Waals surface area contributed by atoms with Crippen LogP contribution in [0.3, 0.4) is 0 Å². The highest BCUT2D eigenvalue weighted by molar-refractivity contribution is 7.92. The first-order chi connectivity index (χ1) is 13.2. The standard InChI is InChI=1S/C18H23FN3O5PS/c1-11(2)15-14(18(3,4)27-28(23)24)16(12-7-9-13(19)10-8-12)21-17(20-15)22(5)29(6,25)26/h7-11H,1-6H3/p+1. The maximum Gasteiger partial charge on any atom is 0.695 e. The predicted molar refractivity (Wildman–Crippen MR) is 109 cm³/mol. The Morgan fingerprint density at radius 1 is 1.21 bits per heavy atom. The zero-order chi connectivity index (χ0) is 22.1. The van der Waals surface area contributed by atoms with Crippen LogP contribution in [0.1, 0.15) is 44.9 Å². The summed E-state index contributed by atoms with van der Waals surface area (Å²) in [6, 6.07) is 5.47. The highest BCUT2D eigenvalue weighted by Gasteiger charge is 2.39. The quantitative estimate of drug-likeness (QED) is 0.649. The van der Waals surface area contributed by atoms with Crippen molar-refractivity contribution in [2.45, 2.75) is 39.2 Å². The lowest BCUT2D eigenvalue weighted by atomic mass is 9.88. The molecular formula is C18H24FN3O5PS+. The van der Waals surface area contributed by atoms with Crippen molar-refractivity contribution >= 4 is 24.2 Å². The smallest absolute Gasteiger partial charge is 0.241 e. The number of nitrogens with zero attached hydrogens (tertiary/aromatic N) is 3. The van der Waals surface area contributed by atoms with Gasteiger partial charge in [-0.15, -0.1) is 9.42 Å². The van der Waals surface area contributed by atoms with E-state index >= 15 is 0 Å². The van der Waals surface area contributed by atoms with Crippen molar-refractivity contribution in [2.75, 3.05) is 17.6 Å². The van der Waals surface area contributed by atoms with Gasteiger partial charge in [0.1, 0.15) is 11.4 Å². The van der Waals surface area contributed by atoms with Crippen LogP contribution in [0.4, 0.5) is 10.3 Å². The Morgan fingerprint density at radius 2 is 1.76 bits per heavy atom. The van der Waals surface area contributed by atoms with Crippen LogP contribution in [0.5, 0.6) is 0 Å². The molecule has 158 valence electrons. The number of benzene rings is 1. The minimum atomic E-state index is -3.64. The Hall–Kier alpha value is -2.00. The van der Waals surface area contributed by atoms with Crippen molar-refractivity contribution < 1.29 is 26.8 Å². The molecule has 11 heteroatoms. The van der Waals surface area contributed by atoms with Gasteiger partial charge in [-0.05, 0) is 44.0 Å². The molecule has 1 aromatic carbocycles. The van der Waals surface area contributed by atoms with E-state index in [9.17, 15) is 22.3 Å². The second-order valence-electron chi connectivity index (χ2n) is 7.36. The average molecular weight is 444 g/mol. The van der Waals surface area contributed by atoms with Gasteiger partial charge in [0.05, 0.1) is 17.6 Å². The SMILES string of the molecule is CC(C)c1nc(N(C)S(C)(=O)=O)nc(-c2ccc(F)cc2)c1C(C)(C)O[P+](=O)O. The number of aromatic nitrogens is 2. The second kappa shape index (κ2) is 8.39. The van der Waals surface area contributed by atoms with E-state index in [2.05, 4.69) is 9.97 Å². The molecule has 0 saturated heterocycles. The van der Waals surface area contributed by atoms with E-state index in [-0.39, 0.29) is 17.6 Å². The maximum atomic E-state index is 13.5. The van der Waals surface area contributed by atoms with Gasteiger partial charge in [-0.25, -0.2) is 27.1 Å². The van der Waals surface area contributed by atoms with Crippen molar-refractivity contribution in [3.05, 3.63) is 41.3 Å². The molecule has 0 aliphatic heterocycles. The van der Waals surface area contributed by atoms with Gasteiger partial charge in [-0.2, -0.15) is 0 Å². The zero-order valence-corrected chi connectivity index (χ0v) is 18.8. The molecule has 0 radical (unpaired) electrons. The van der Waals surface area contributed by atoms with Gasteiger partial charge in [-0.1, -0.05) is 13.8 Å². The van der Waals surface area contributed by atoms with Gasteiger partial charge in [0.15, 0.2) is 0 Å². The first-order valence-corrected chi connectivity index (χ1v) is 11.7. The lowest BCUT2D eigenvalue weighted by Crippen LogP contribution is -2.30. The molecule has 0 spiro atoms. The molecule has 0 aliphatic carbocycles. The Bertz CT molecular complexity index is 1030. The van der Waals surface area contributed by atoms with Crippen LogP contribution in [-0.2, 0) is 24.7 Å². The second-order valence-corrected chi connectivity index (χ2v) is 10.0. The van der Waals surface area contributed by atoms with Gasteiger partial charge < -0.3 is 0 Å². The zero-order valence-electron chi connectivity index (χ0n) is 17.0. The lowest BCUT2D eigenvalue weighted by Gasteiger charge is -2.27. The molecule has 0 bridgehead atoms. The van der Waals surface area contributed by atoms with Crippen LogP contribution in [-0.4, -0.2) is 36.6 Å². The average Bonchev–Trinajstić information content (AvgIpc) is 2.58.